The summed E-state index contributed by atoms with van der Waals surface area (Å²) in [5, 5.41) is 0. The molecule has 0 N–H and O–H groups in total. The molecule has 1 heterocycles. The van der Waals surface area contributed by atoms with Gasteiger partial charge in [-0.15, -0.1) is 0 Å². The van der Waals surface area contributed by atoms with Crippen LogP contribution in [0.3, 0.4) is 0 Å². The summed E-state index contributed by atoms with van der Waals surface area (Å²) in [7, 11) is 0. The topological polar surface area (TPSA) is 29.5 Å². The lowest BCUT2D eigenvalue weighted by Gasteiger charge is -2.15. The van der Waals surface area contributed by atoms with E-state index in [1.165, 1.54) is 0 Å². The minimum atomic E-state index is 0.262. The zero-order valence-electron chi connectivity index (χ0n) is 7.96. The maximum absolute atomic E-state index is 11.3. The first kappa shape index (κ1) is 11.0. The van der Waals surface area contributed by atoms with E-state index >= 15 is 0 Å². The molecular weight excluding hydrogens is 234 g/mol. The largest absolute Gasteiger partial charge is 0.382 e. The van der Waals surface area contributed by atoms with E-state index < -0.39 is 0 Å². The molecule has 1 amide bonds. The number of ether oxygens (including phenoxy) is 1. The van der Waals surface area contributed by atoms with Crippen molar-refractivity contribution in [2.24, 2.45) is 0 Å². The molecule has 1 rings (SSSR count). The molecule has 0 radical (unpaired) electrons. The summed E-state index contributed by atoms with van der Waals surface area (Å²) >= 11 is 3.45. The van der Waals surface area contributed by atoms with Gasteiger partial charge in [0.2, 0.25) is 5.91 Å². The number of nitrogens with zero attached hydrogens (tertiary/aromatic N) is 1. The molecule has 13 heavy (non-hydrogen) atoms. The fourth-order valence-electron chi connectivity index (χ4n) is 1.44. The van der Waals surface area contributed by atoms with E-state index in [1.54, 1.807) is 0 Å². The Hall–Kier alpha value is -0.0900. The van der Waals surface area contributed by atoms with E-state index in [4.69, 9.17) is 4.74 Å². The summed E-state index contributed by atoms with van der Waals surface area (Å²) in [5.74, 6) is 0.262. The molecule has 1 aliphatic heterocycles. The number of alkyl halides is 1. The van der Waals surface area contributed by atoms with Crippen LogP contribution in [0.1, 0.15) is 19.8 Å². The normalized spacial score (nSPS) is 22.8. The van der Waals surface area contributed by atoms with Crippen LogP contribution < -0.4 is 0 Å². The van der Waals surface area contributed by atoms with Crippen LogP contribution in [0.15, 0.2) is 0 Å². The molecule has 0 aromatic heterocycles. The Morgan fingerprint density at radius 3 is 3.00 bits per heavy atom. The molecule has 0 aromatic carbocycles. The molecule has 1 saturated heterocycles. The van der Waals surface area contributed by atoms with Gasteiger partial charge < -0.3 is 9.64 Å². The monoisotopic (exact) mass is 249 g/mol. The minimum absolute atomic E-state index is 0.262. The number of likely N-dealkylation sites (tertiary alicyclic amines) is 1. The van der Waals surface area contributed by atoms with E-state index in [0.717, 1.165) is 32.7 Å². The molecule has 3 nitrogen and oxygen atoms in total. The molecule has 1 atom stereocenters. The van der Waals surface area contributed by atoms with Crippen LogP contribution in [0.25, 0.3) is 0 Å². The number of hydrogen-bond donors (Lipinski definition) is 0. The summed E-state index contributed by atoms with van der Waals surface area (Å²) < 4.78 is 5.21. The Balaban J connectivity index is 2.11. The Labute approximate surface area is 87.6 Å². The third-order valence-corrected chi connectivity index (χ3v) is 2.70. The van der Waals surface area contributed by atoms with Gasteiger partial charge in [-0.3, -0.25) is 4.79 Å². The van der Waals surface area contributed by atoms with Crippen LogP contribution in [-0.4, -0.2) is 41.9 Å². The standard InChI is InChI=1S/C9H16BrNO2/c1-2-13-5-3-4-11-7-8(10)6-9(11)12/h8H,2-7H2,1H3. The second-order valence-electron chi connectivity index (χ2n) is 3.19. The molecule has 0 saturated carbocycles. The van der Waals surface area contributed by atoms with E-state index in [-0.39, 0.29) is 5.91 Å². The Kier molecular flexibility index (Phi) is 4.73. The van der Waals surface area contributed by atoms with E-state index in [2.05, 4.69) is 15.9 Å². The molecule has 0 aliphatic carbocycles. The fraction of sp³-hybridized carbons (Fsp3) is 0.889. The Morgan fingerprint density at radius 1 is 1.69 bits per heavy atom. The maximum atomic E-state index is 11.3. The Morgan fingerprint density at radius 2 is 2.46 bits per heavy atom. The quantitative estimate of drug-likeness (QED) is 0.545. The predicted octanol–water partition coefficient (Wildman–Crippen LogP) is 1.41. The molecule has 76 valence electrons. The molecule has 0 spiro atoms. The lowest BCUT2D eigenvalue weighted by atomic mass is 10.4. The van der Waals surface area contributed by atoms with Crippen molar-refractivity contribution in [3.8, 4) is 0 Å². The number of carbonyl (C=O) groups excluding carboxylic acids is 1. The van der Waals surface area contributed by atoms with Crippen LogP contribution in [0.2, 0.25) is 0 Å². The predicted molar refractivity (Wildman–Crippen MR) is 55.0 cm³/mol. The summed E-state index contributed by atoms with van der Waals surface area (Å²) in [6.45, 7) is 5.18. The lowest BCUT2D eigenvalue weighted by molar-refractivity contribution is -0.127. The number of halogens is 1. The third kappa shape index (κ3) is 3.65. The highest BCUT2D eigenvalue weighted by molar-refractivity contribution is 9.09. The van der Waals surface area contributed by atoms with Gasteiger partial charge in [-0.2, -0.15) is 0 Å². The third-order valence-electron chi connectivity index (χ3n) is 2.09. The number of amides is 1. The number of carbonyl (C=O) groups is 1. The number of hydrogen-bond acceptors (Lipinski definition) is 2. The number of rotatable bonds is 5. The van der Waals surface area contributed by atoms with Crippen molar-refractivity contribution in [1.82, 2.24) is 4.90 Å². The highest BCUT2D eigenvalue weighted by Gasteiger charge is 2.26. The smallest absolute Gasteiger partial charge is 0.223 e. The summed E-state index contributed by atoms with van der Waals surface area (Å²) in [5.41, 5.74) is 0. The van der Waals surface area contributed by atoms with E-state index in [1.807, 2.05) is 11.8 Å². The zero-order valence-corrected chi connectivity index (χ0v) is 9.55. The average molecular weight is 250 g/mol. The maximum Gasteiger partial charge on any atom is 0.223 e. The van der Waals surface area contributed by atoms with Crippen molar-refractivity contribution < 1.29 is 9.53 Å². The molecule has 1 fully saturated rings. The van der Waals surface area contributed by atoms with Gasteiger partial charge in [0.1, 0.15) is 0 Å². The molecule has 0 bridgehead atoms. The van der Waals surface area contributed by atoms with Crippen molar-refractivity contribution in [2.75, 3.05) is 26.3 Å². The van der Waals surface area contributed by atoms with Crippen molar-refractivity contribution in [1.29, 1.82) is 0 Å². The highest BCUT2D eigenvalue weighted by Crippen LogP contribution is 2.17. The van der Waals surface area contributed by atoms with Crippen LogP contribution in [0, 0.1) is 0 Å². The van der Waals surface area contributed by atoms with E-state index in [0.29, 0.717) is 11.2 Å². The zero-order chi connectivity index (χ0) is 9.68. The molecule has 1 unspecified atom stereocenters. The van der Waals surface area contributed by atoms with Crippen LogP contribution in [0.4, 0.5) is 0 Å². The first-order valence-corrected chi connectivity index (χ1v) is 5.65. The fourth-order valence-corrected chi connectivity index (χ4v) is 2.07. The van der Waals surface area contributed by atoms with Gasteiger partial charge >= 0.3 is 0 Å². The van der Waals surface area contributed by atoms with Crippen molar-refractivity contribution in [2.45, 2.75) is 24.6 Å². The minimum Gasteiger partial charge on any atom is -0.382 e. The summed E-state index contributed by atoms with van der Waals surface area (Å²) in [6, 6.07) is 0. The van der Waals surface area contributed by atoms with Crippen molar-refractivity contribution in [3.63, 3.8) is 0 Å². The van der Waals surface area contributed by atoms with Crippen LogP contribution >= 0.6 is 15.9 Å². The molecular formula is C9H16BrNO2. The van der Waals surface area contributed by atoms with Crippen LogP contribution in [0.5, 0.6) is 0 Å². The first-order chi connectivity index (χ1) is 6.24. The second kappa shape index (κ2) is 5.60. The van der Waals surface area contributed by atoms with Gasteiger partial charge in [-0.1, -0.05) is 15.9 Å². The SMILES string of the molecule is CCOCCCN1CC(Br)CC1=O. The summed E-state index contributed by atoms with van der Waals surface area (Å²) in [6.07, 6.45) is 1.59. The van der Waals surface area contributed by atoms with Gasteiger partial charge in [0.15, 0.2) is 0 Å². The molecule has 4 heteroatoms. The summed E-state index contributed by atoms with van der Waals surface area (Å²) in [4.78, 5) is 13.6. The second-order valence-corrected chi connectivity index (χ2v) is 4.49. The van der Waals surface area contributed by atoms with Gasteiger partial charge in [0, 0.05) is 37.6 Å². The lowest BCUT2D eigenvalue weighted by Crippen LogP contribution is -2.27. The first-order valence-electron chi connectivity index (χ1n) is 4.73. The van der Waals surface area contributed by atoms with Gasteiger partial charge in [0.25, 0.3) is 0 Å². The average Bonchev–Trinajstić information content (AvgIpc) is 2.39. The van der Waals surface area contributed by atoms with Crippen molar-refractivity contribution >= 4 is 21.8 Å². The molecule has 1 aliphatic rings. The highest BCUT2D eigenvalue weighted by atomic mass is 79.9. The van der Waals surface area contributed by atoms with Gasteiger partial charge in [0.05, 0.1) is 0 Å². The van der Waals surface area contributed by atoms with Crippen LogP contribution in [-0.2, 0) is 9.53 Å². The van der Waals surface area contributed by atoms with Gasteiger partial charge in [-0.05, 0) is 13.3 Å². The van der Waals surface area contributed by atoms with E-state index in [9.17, 15) is 4.79 Å². The van der Waals surface area contributed by atoms with Gasteiger partial charge in [-0.25, -0.2) is 0 Å². The van der Waals surface area contributed by atoms with Crippen molar-refractivity contribution in [3.05, 3.63) is 0 Å². The Bertz CT molecular complexity index is 175. The molecule has 0 aromatic rings.